The number of pyridine rings is 1. The van der Waals surface area contributed by atoms with Crippen molar-refractivity contribution in [2.75, 3.05) is 13.7 Å². The first-order valence-electron chi connectivity index (χ1n) is 4.43. The van der Waals surface area contributed by atoms with E-state index in [4.69, 9.17) is 9.84 Å². The lowest BCUT2D eigenvalue weighted by atomic mass is 10.3. The average Bonchev–Trinajstić information content (AvgIpc) is 2.18. The summed E-state index contributed by atoms with van der Waals surface area (Å²) >= 11 is 0. The Hall–Kier alpha value is -1.13. The molecule has 1 unspecified atom stereocenters. The van der Waals surface area contributed by atoms with Crippen LogP contribution in [0, 0.1) is 6.92 Å². The van der Waals surface area contributed by atoms with Gasteiger partial charge < -0.3 is 15.2 Å². The Balaban J connectivity index is 2.36. The molecule has 2 N–H and O–H groups in total. The molecule has 1 atom stereocenters. The highest BCUT2D eigenvalue weighted by Crippen LogP contribution is 2.05. The van der Waals surface area contributed by atoms with E-state index in [1.165, 1.54) is 0 Å². The number of aromatic nitrogens is 1. The Morgan fingerprint density at radius 1 is 1.64 bits per heavy atom. The quantitative estimate of drug-likeness (QED) is 0.713. The molecular weight excluding hydrogens is 180 g/mol. The molecule has 0 aliphatic rings. The third-order valence-corrected chi connectivity index (χ3v) is 1.72. The van der Waals surface area contributed by atoms with E-state index in [-0.39, 0.29) is 0 Å². The highest BCUT2D eigenvalue weighted by Gasteiger charge is 1.97. The Labute approximate surface area is 83.9 Å². The second-order valence-corrected chi connectivity index (χ2v) is 2.99. The zero-order valence-electron chi connectivity index (χ0n) is 8.23. The van der Waals surface area contributed by atoms with Gasteiger partial charge in [-0.2, -0.15) is 0 Å². The molecule has 14 heavy (non-hydrogen) atoms. The van der Waals surface area contributed by atoms with E-state index in [0.717, 1.165) is 5.56 Å². The molecule has 0 aliphatic heterocycles. The fraction of sp³-hybridized carbons (Fsp3) is 0.400. The first-order valence-corrected chi connectivity index (χ1v) is 4.43. The van der Waals surface area contributed by atoms with Crippen molar-refractivity contribution in [3.8, 4) is 5.88 Å². The summed E-state index contributed by atoms with van der Waals surface area (Å²) in [7, 11) is 1.58. The molecule has 1 heterocycles. The molecule has 0 saturated heterocycles. The van der Waals surface area contributed by atoms with Crippen molar-refractivity contribution in [3.05, 3.63) is 30.8 Å². The van der Waals surface area contributed by atoms with Gasteiger partial charge in [-0.1, -0.05) is 6.07 Å². The van der Waals surface area contributed by atoms with Gasteiger partial charge in [-0.3, -0.25) is 0 Å². The summed E-state index contributed by atoms with van der Waals surface area (Å²) in [5, 5.41) is 11.9. The molecule has 1 radical (unpaired) electrons. The van der Waals surface area contributed by atoms with Crippen LogP contribution in [0.4, 0.5) is 0 Å². The molecule has 0 amide bonds. The molecular formula is C10H15N2O2. The van der Waals surface area contributed by atoms with Crippen LogP contribution in [0.25, 0.3) is 0 Å². The van der Waals surface area contributed by atoms with Crippen molar-refractivity contribution in [1.82, 2.24) is 10.3 Å². The number of ether oxygens (including phenoxy) is 1. The molecule has 0 spiro atoms. The number of hydrogen-bond donors (Lipinski definition) is 2. The van der Waals surface area contributed by atoms with E-state index in [0.29, 0.717) is 19.0 Å². The molecule has 0 bridgehead atoms. The normalized spacial score (nSPS) is 12.5. The van der Waals surface area contributed by atoms with Crippen LogP contribution in [0.3, 0.4) is 0 Å². The van der Waals surface area contributed by atoms with Crippen LogP contribution < -0.4 is 10.1 Å². The molecule has 0 aliphatic carbocycles. The highest BCUT2D eigenvalue weighted by molar-refractivity contribution is 5.17. The Bertz CT molecular complexity index is 259. The van der Waals surface area contributed by atoms with Crippen LogP contribution >= 0.6 is 0 Å². The summed E-state index contributed by atoms with van der Waals surface area (Å²) in [6.07, 6.45) is 1.17. The summed E-state index contributed by atoms with van der Waals surface area (Å²) in [6.45, 7) is 4.60. The van der Waals surface area contributed by atoms with Crippen molar-refractivity contribution in [2.24, 2.45) is 0 Å². The van der Waals surface area contributed by atoms with E-state index >= 15 is 0 Å². The molecule has 77 valence electrons. The fourth-order valence-corrected chi connectivity index (χ4v) is 1.02. The first-order chi connectivity index (χ1) is 6.72. The van der Waals surface area contributed by atoms with Crippen molar-refractivity contribution in [3.63, 3.8) is 0 Å². The second-order valence-electron chi connectivity index (χ2n) is 2.99. The molecule has 4 nitrogen and oxygen atoms in total. The van der Waals surface area contributed by atoms with Crippen LogP contribution in [0.1, 0.15) is 5.56 Å². The fourth-order valence-electron chi connectivity index (χ4n) is 1.02. The van der Waals surface area contributed by atoms with Gasteiger partial charge in [-0.05, 0) is 12.5 Å². The van der Waals surface area contributed by atoms with E-state index < -0.39 is 6.10 Å². The van der Waals surface area contributed by atoms with Gasteiger partial charge in [0.15, 0.2) is 0 Å². The lowest BCUT2D eigenvalue weighted by Crippen LogP contribution is -2.24. The van der Waals surface area contributed by atoms with Gasteiger partial charge in [0.2, 0.25) is 5.88 Å². The zero-order valence-corrected chi connectivity index (χ0v) is 8.23. The topological polar surface area (TPSA) is 54.4 Å². The van der Waals surface area contributed by atoms with Gasteiger partial charge in [0.05, 0.1) is 13.2 Å². The Morgan fingerprint density at radius 3 is 2.93 bits per heavy atom. The van der Waals surface area contributed by atoms with Gasteiger partial charge in [0, 0.05) is 25.4 Å². The molecule has 0 fully saturated rings. The smallest absolute Gasteiger partial charge is 0.212 e. The van der Waals surface area contributed by atoms with Crippen molar-refractivity contribution < 1.29 is 9.84 Å². The Morgan fingerprint density at radius 2 is 2.43 bits per heavy atom. The van der Waals surface area contributed by atoms with Gasteiger partial charge >= 0.3 is 0 Å². The monoisotopic (exact) mass is 195 g/mol. The van der Waals surface area contributed by atoms with Crippen LogP contribution in [0.15, 0.2) is 18.3 Å². The number of methoxy groups -OCH3 is 1. The van der Waals surface area contributed by atoms with Crippen LogP contribution in [0.2, 0.25) is 0 Å². The van der Waals surface area contributed by atoms with Crippen LogP contribution in [-0.4, -0.2) is 29.8 Å². The highest BCUT2D eigenvalue weighted by atomic mass is 16.5. The minimum atomic E-state index is -0.568. The van der Waals surface area contributed by atoms with E-state index in [1.54, 1.807) is 19.4 Å². The molecule has 0 saturated carbocycles. The first kappa shape index (κ1) is 10.9. The van der Waals surface area contributed by atoms with Crippen molar-refractivity contribution in [2.45, 2.75) is 12.6 Å². The van der Waals surface area contributed by atoms with Gasteiger partial charge in [-0.25, -0.2) is 4.98 Å². The Kier molecular flexibility index (Phi) is 4.35. The zero-order chi connectivity index (χ0) is 10.4. The predicted octanol–water partition coefficient (Wildman–Crippen LogP) is 0.375. The number of aliphatic hydroxyl groups is 1. The summed E-state index contributed by atoms with van der Waals surface area (Å²) in [4.78, 5) is 4.05. The van der Waals surface area contributed by atoms with Crippen LogP contribution in [-0.2, 0) is 6.54 Å². The minimum absolute atomic E-state index is 0.478. The third-order valence-electron chi connectivity index (χ3n) is 1.72. The largest absolute Gasteiger partial charge is 0.481 e. The lowest BCUT2D eigenvalue weighted by Gasteiger charge is -2.06. The molecule has 1 aromatic heterocycles. The second kappa shape index (κ2) is 5.57. The van der Waals surface area contributed by atoms with E-state index in [1.807, 2.05) is 6.07 Å². The molecule has 4 heteroatoms. The van der Waals surface area contributed by atoms with E-state index in [2.05, 4.69) is 17.2 Å². The summed E-state index contributed by atoms with van der Waals surface area (Å²) in [6, 6.07) is 3.73. The number of rotatable bonds is 5. The standard InChI is InChI=1S/C10H15N2O2/c1-8(13)5-11-6-9-3-4-10(14-2)12-7-9/h3-4,7-8,11,13H,1,5-6H2,2H3. The van der Waals surface area contributed by atoms with Crippen LogP contribution in [0.5, 0.6) is 5.88 Å². The molecule has 1 aromatic rings. The van der Waals surface area contributed by atoms with Gasteiger partial charge in [0.25, 0.3) is 0 Å². The third kappa shape index (κ3) is 3.72. The maximum Gasteiger partial charge on any atom is 0.212 e. The maximum atomic E-state index is 8.90. The van der Waals surface area contributed by atoms with Crippen molar-refractivity contribution in [1.29, 1.82) is 0 Å². The van der Waals surface area contributed by atoms with Gasteiger partial charge in [-0.15, -0.1) is 0 Å². The SMILES string of the molecule is [CH2]C(O)CNCc1ccc(OC)nc1. The summed E-state index contributed by atoms with van der Waals surface area (Å²) in [5.74, 6) is 0.603. The summed E-state index contributed by atoms with van der Waals surface area (Å²) in [5.41, 5.74) is 1.05. The average molecular weight is 195 g/mol. The lowest BCUT2D eigenvalue weighted by molar-refractivity contribution is 0.216. The summed E-state index contributed by atoms with van der Waals surface area (Å²) < 4.78 is 4.93. The molecule has 0 aromatic carbocycles. The number of nitrogens with one attached hydrogen (secondary N) is 1. The maximum absolute atomic E-state index is 8.90. The molecule has 1 rings (SSSR count). The number of nitrogens with zero attached hydrogens (tertiary/aromatic N) is 1. The van der Waals surface area contributed by atoms with Gasteiger partial charge in [0.1, 0.15) is 0 Å². The van der Waals surface area contributed by atoms with E-state index in [9.17, 15) is 0 Å². The number of aliphatic hydroxyl groups excluding tert-OH is 1. The van der Waals surface area contributed by atoms with Crippen molar-refractivity contribution >= 4 is 0 Å². The number of hydrogen-bond acceptors (Lipinski definition) is 4. The minimum Gasteiger partial charge on any atom is -0.481 e. The predicted molar refractivity (Wildman–Crippen MR) is 53.9 cm³/mol.